The van der Waals surface area contributed by atoms with E-state index in [1.807, 2.05) is 17.8 Å². The van der Waals surface area contributed by atoms with Crippen LogP contribution < -0.4 is 0 Å². The van der Waals surface area contributed by atoms with E-state index in [1.165, 1.54) is 4.90 Å². The van der Waals surface area contributed by atoms with Crippen LogP contribution in [-0.2, 0) is 4.74 Å². The van der Waals surface area contributed by atoms with Gasteiger partial charge in [-0.15, -0.1) is 11.8 Å². The van der Waals surface area contributed by atoms with Crippen LogP contribution in [0, 0.1) is 0 Å². The second kappa shape index (κ2) is 6.91. The lowest BCUT2D eigenvalue weighted by Gasteiger charge is -2.06. The minimum atomic E-state index is 0.358. The zero-order valence-electron chi connectivity index (χ0n) is 8.90. The van der Waals surface area contributed by atoms with Gasteiger partial charge in [0.1, 0.15) is 0 Å². The van der Waals surface area contributed by atoms with Gasteiger partial charge in [0.25, 0.3) is 0 Å². The number of thioether (sulfide) groups is 1. The summed E-state index contributed by atoms with van der Waals surface area (Å²) in [6, 6.07) is 10.5. The molecule has 0 aliphatic heterocycles. The number of hydrogen-bond acceptors (Lipinski definition) is 2. The quantitative estimate of drug-likeness (QED) is 0.524. The summed E-state index contributed by atoms with van der Waals surface area (Å²) in [6.07, 6.45) is 1.48. The largest absolute Gasteiger partial charge is 0.379 e. The molecule has 0 N–H and O–H groups in total. The third-order valence-corrected chi connectivity index (χ3v) is 2.85. The van der Waals surface area contributed by atoms with Crippen molar-refractivity contribution < 1.29 is 4.74 Å². The van der Waals surface area contributed by atoms with E-state index in [0.717, 1.165) is 18.8 Å². The summed E-state index contributed by atoms with van der Waals surface area (Å²) in [7, 11) is 0. The number of hydrogen-bond donors (Lipinski definition) is 0. The van der Waals surface area contributed by atoms with Crippen LogP contribution >= 0.6 is 11.8 Å². The van der Waals surface area contributed by atoms with Crippen LogP contribution in [0.2, 0.25) is 0 Å². The molecule has 1 aromatic rings. The van der Waals surface area contributed by atoms with Crippen LogP contribution in [0.3, 0.4) is 0 Å². The average Bonchev–Trinajstić information content (AvgIpc) is 2.18. The first-order chi connectivity index (χ1) is 6.79. The van der Waals surface area contributed by atoms with Gasteiger partial charge in [-0.25, -0.2) is 0 Å². The molecule has 0 saturated carbocycles. The lowest BCUT2D eigenvalue weighted by atomic mass is 10.4. The Kier molecular flexibility index (Phi) is 5.72. The first-order valence-corrected chi connectivity index (χ1v) is 6.07. The highest BCUT2D eigenvalue weighted by Crippen LogP contribution is 2.17. The van der Waals surface area contributed by atoms with Crippen molar-refractivity contribution in [2.45, 2.75) is 31.3 Å². The van der Waals surface area contributed by atoms with Gasteiger partial charge in [0.2, 0.25) is 0 Å². The molecule has 0 bridgehead atoms. The lowest BCUT2D eigenvalue weighted by Crippen LogP contribution is -2.04. The molecule has 0 aromatic heterocycles. The van der Waals surface area contributed by atoms with Gasteiger partial charge in [-0.3, -0.25) is 0 Å². The molecule has 0 fully saturated rings. The van der Waals surface area contributed by atoms with Gasteiger partial charge in [0.05, 0.1) is 6.10 Å². The van der Waals surface area contributed by atoms with Crippen molar-refractivity contribution in [1.82, 2.24) is 0 Å². The fourth-order valence-corrected chi connectivity index (χ4v) is 1.93. The van der Waals surface area contributed by atoms with Crippen molar-refractivity contribution in [3.63, 3.8) is 0 Å². The Labute approximate surface area is 90.9 Å². The molecule has 78 valence electrons. The Morgan fingerprint density at radius 2 is 1.93 bits per heavy atom. The van der Waals surface area contributed by atoms with Gasteiger partial charge in [0.15, 0.2) is 0 Å². The van der Waals surface area contributed by atoms with Crippen LogP contribution in [0.25, 0.3) is 0 Å². The minimum absolute atomic E-state index is 0.358. The maximum atomic E-state index is 5.47. The number of benzene rings is 1. The Bertz CT molecular complexity index is 233. The molecular formula is C12H18OS. The highest BCUT2D eigenvalue weighted by molar-refractivity contribution is 7.99. The molecule has 0 unspecified atom stereocenters. The summed E-state index contributed by atoms with van der Waals surface area (Å²) in [6.45, 7) is 5.02. The molecule has 14 heavy (non-hydrogen) atoms. The van der Waals surface area contributed by atoms with Crippen LogP contribution in [0.1, 0.15) is 20.3 Å². The van der Waals surface area contributed by atoms with Gasteiger partial charge in [-0.1, -0.05) is 18.2 Å². The predicted octanol–water partition coefficient (Wildman–Crippen LogP) is 3.59. The van der Waals surface area contributed by atoms with E-state index in [4.69, 9.17) is 4.74 Å². The van der Waals surface area contributed by atoms with E-state index in [2.05, 4.69) is 38.1 Å². The number of ether oxygens (including phenoxy) is 1. The molecule has 0 aliphatic carbocycles. The zero-order chi connectivity index (χ0) is 10.2. The summed E-state index contributed by atoms with van der Waals surface area (Å²) in [5.74, 6) is 1.14. The Hall–Kier alpha value is -0.470. The summed E-state index contributed by atoms with van der Waals surface area (Å²) < 4.78 is 5.47. The van der Waals surface area contributed by atoms with Gasteiger partial charge in [-0.2, -0.15) is 0 Å². The highest BCUT2D eigenvalue weighted by Gasteiger charge is 1.94. The van der Waals surface area contributed by atoms with Crippen LogP contribution in [-0.4, -0.2) is 18.5 Å². The second-order valence-corrected chi connectivity index (χ2v) is 4.60. The predicted molar refractivity (Wildman–Crippen MR) is 62.9 cm³/mol. The molecule has 0 spiro atoms. The molecule has 1 nitrogen and oxygen atoms in total. The molecule has 0 saturated heterocycles. The smallest absolute Gasteiger partial charge is 0.0518 e. The van der Waals surface area contributed by atoms with Crippen molar-refractivity contribution in [3.05, 3.63) is 30.3 Å². The molecular weight excluding hydrogens is 192 g/mol. The fraction of sp³-hybridized carbons (Fsp3) is 0.500. The second-order valence-electron chi connectivity index (χ2n) is 3.43. The van der Waals surface area contributed by atoms with E-state index in [9.17, 15) is 0 Å². The maximum absolute atomic E-state index is 5.47. The van der Waals surface area contributed by atoms with Gasteiger partial charge in [-0.05, 0) is 32.4 Å². The molecule has 0 aliphatic rings. The molecule has 0 radical (unpaired) electrons. The van der Waals surface area contributed by atoms with Crippen molar-refractivity contribution in [3.8, 4) is 0 Å². The Balaban J connectivity index is 2.05. The van der Waals surface area contributed by atoms with Crippen LogP contribution in [0.5, 0.6) is 0 Å². The normalized spacial score (nSPS) is 10.8. The van der Waals surface area contributed by atoms with E-state index in [1.54, 1.807) is 0 Å². The van der Waals surface area contributed by atoms with E-state index in [-0.39, 0.29) is 0 Å². The summed E-state index contributed by atoms with van der Waals surface area (Å²) >= 11 is 1.89. The molecule has 2 heteroatoms. The minimum Gasteiger partial charge on any atom is -0.379 e. The molecule has 0 amide bonds. The maximum Gasteiger partial charge on any atom is 0.0518 e. The van der Waals surface area contributed by atoms with Crippen LogP contribution in [0.4, 0.5) is 0 Å². The molecule has 1 aromatic carbocycles. The molecule has 0 heterocycles. The third kappa shape index (κ3) is 5.30. The van der Waals surface area contributed by atoms with Crippen molar-refractivity contribution in [2.75, 3.05) is 12.4 Å². The Morgan fingerprint density at radius 3 is 2.57 bits per heavy atom. The zero-order valence-corrected chi connectivity index (χ0v) is 9.72. The summed E-state index contributed by atoms with van der Waals surface area (Å²) in [5.41, 5.74) is 0. The van der Waals surface area contributed by atoms with E-state index in [0.29, 0.717) is 6.10 Å². The van der Waals surface area contributed by atoms with Crippen molar-refractivity contribution in [2.24, 2.45) is 0 Å². The molecule has 1 rings (SSSR count). The third-order valence-electron chi connectivity index (χ3n) is 1.75. The topological polar surface area (TPSA) is 9.23 Å². The standard InChI is InChI=1S/C12H18OS/c1-11(2)13-9-6-10-14-12-7-4-3-5-8-12/h3-5,7-8,11H,6,9-10H2,1-2H3. The van der Waals surface area contributed by atoms with Crippen LogP contribution in [0.15, 0.2) is 35.2 Å². The highest BCUT2D eigenvalue weighted by atomic mass is 32.2. The fourth-order valence-electron chi connectivity index (χ4n) is 1.08. The van der Waals surface area contributed by atoms with Crippen molar-refractivity contribution >= 4 is 11.8 Å². The lowest BCUT2D eigenvalue weighted by molar-refractivity contribution is 0.0800. The van der Waals surface area contributed by atoms with Gasteiger partial charge in [0, 0.05) is 17.3 Å². The van der Waals surface area contributed by atoms with E-state index >= 15 is 0 Å². The average molecular weight is 210 g/mol. The van der Waals surface area contributed by atoms with E-state index < -0.39 is 0 Å². The summed E-state index contributed by atoms with van der Waals surface area (Å²) in [5, 5.41) is 0. The monoisotopic (exact) mass is 210 g/mol. The Morgan fingerprint density at radius 1 is 1.21 bits per heavy atom. The van der Waals surface area contributed by atoms with Gasteiger partial charge < -0.3 is 4.74 Å². The molecule has 0 atom stereocenters. The van der Waals surface area contributed by atoms with Crippen molar-refractivity contribution in [1.29, 1.82) is 0 Å². The first kappa shape index (κ1) is 11.6. The summed E-state index contributed by atoms with van der Waals surface area (Å²) in [4.78, 5) is 1.34. The number of rotatable bonds is 6. The first-order valence-electron chi connectivity index (χ1n) is 5.08. The van der Waals surface area contributed by atoms with Gasteiger partial charge >= 0.3 is 0 Å². The SMILES string of the molecule is CC(C)OCCCSc1ccccc1.